The Morgan fingerprint density at radius 1 is 0.383 bits per heavy atom. The van der Waals surface area contributed by atoms with Crippen molar-refractivity contribution in [2.24, 2.45) is 0 Å². The van der Waals surface area contributed by atoms with Crippen molar-refractivity contribution in [1.29, 1.82) is 0 Å². The van der Waals surface area contributed by atoms with Gasteiger partial charge < -0.3 is 4.57 Å². The lowest BCUT2D eigenvalue weighted by molar-refractivity contribution is 1.16. The molecule has 0 radical (unpaired) electrons. The van der Waals surface area contributed by atoms with Gasteiger partial charge in [0.25, 0.3) is 0 Å². The lowest BCUT2D eigenvalue weighted by Crippen LogP contribution is -1.97. The van der Waals surface area contributed by atoms with Crippen LogP contribution in [0.5, 0.6) is 0 Å². The van der Waals surface area contributed by atoms with Crippen molar-refractivity contribution in [2.75, 3.05) is 0 Å². The largest absolute Gasteiger partial charge is 0.309 e. The van der Waals surface area contributed by atoms with E-state index >= 15 is 0 Å². The van der Waals surface area contributed by atoms with E-state index in [1.165, 1.54) is 32.6 Å². The summed E-state index contributed by atoms with van der Waals surface area (Å²) in [5, 5.41) is 5.85. The topological polar surface area (TPSA) is 69.4 Å². The molecule has 0 atom stereocenters. The SMILES string of the molecule is c1ccc(-c2nc(-c3ccc(-c4cnc5sc6cnc(-c7ccc8ccccc8c7)nc6c5c4)cc3)cc(-c3cccc(-n4c5ccccc5c5ccccc54)c3)n2)cc1. The average molecular weight is 785 g/mol. The summed E-state index contributed by atoms with van der Waals surface area (Å²) >= 11 is 1.62. The Morgan fingerprint density at radius 2 is 1.05 bits per heavy atom. The zero-order valence-corrected chi connectivity index (χ0v) is 32.9. The third-order valence-electron chi connectivity index (χ3n) is 11.3. The molecular weight excluding hydrogens is 753 g/mol. The molecule has 0 fully saturated rings. The minimum Gasteiger partial charge on any atom is -0.309 e. The quantitative estimate of drug-likeness (QED) is 0.168. The molecule has 7 aromatic carbocycles. The highest BCUT2D eigenvalue weighted by Crippen LogP contribution is 2.37. The van der Waals surface area contributed by atoms with Crippen molar-refractivity contribution >= 4 is 64.3 Å². The van der Waals surface area contributed by atoms with E-state index in [1.54, 1.807) is 11.3 Å². The fourth-order valence-corrected chi connectivity index (χ4v) is 9.31. The molecule has 60 heavy (non-hydrogen) atoms. The fourth-order valence-electron chi connectivity index (χ4n) is 8.37. The van der Waals surface area contributed by atoms with Crippen LogP contribution in [0.25, 0.3) is 115 Å². The molecule has 7 heteroatoms. The van der Waals surface area contributed by atoms with Gasteiger partial charge in [-0.3, -0.25) is 0 Å². The number of pyridine rings is 1. The van der Waals surface area contributed by atoms with Gasteiger partial charge in [0.15, 0.2) is 11.6 Å². The summed E-state index contributed by atoms with van der Waals surface area (Å²) in [6.45, 7) is 0. The number of para-hydroxylation sites is 2. The Bertz CT molecular complexity index is 3560. The molecule has 5 heterocycles. The molecule has 12 aromatic rings. The Labute approximate surface area is 348 Å². The van der Waals surface area contributed by atoms with Crippen LogP contribution in [-0.2, 0) is 0 Å². The number of fused-ring (bicyclic) bond motifs is 7. The Balaban J connectivity index is 0.921. The van der Waals surface area contributed by atoms with Crippen molar-refractivity contribution in [2.45, 2.75) is 0 Å². The predicted molar refractivity (Wildman–Crippen MR) is 247 cm³/mol. The predicted octanol–water partition coefficient (Wildman–Crippen LogP) is 13.6. The fraction of sp³-hybridized carbons (Fsp3) is 0. The van der Waals surface area contributed by atoms with Gasteiger partial charge in [0.05, 0.1) is 32.6 Å². The highest BCUT2D eigenvalue weighted by Gasteiger charge is 2.16. The van der Waals surface area contributed by atoms with Crippen molar-refractivity contribution in [3.63, 3.8) is 0 Å². The number of aromatic nitrogens is 6. The lowest BCUT2D eigenvalue weighted by atomic mass is 10.0. The van der Waals surface area contributed by atoms with E-state index in [-0.39, 0.29) is 0 Å². The Hall–Kier alpha value is -7.87. The number of thiophene rings is 1. The molecule has 12 rings (SSSR count). The van der Waals surface area contributed by atoms with Gasteiger partial charge in [-0.15, -0.1) is 11.3 Å². The maximum atomic E-state index is 5.16. The minimum atomic E-state index is 0.679. The molecule has 0 saturated carbocycles. The molecule has 0 bridgehead atoms. The molecule has 0 unspecified atom stereocenters. The third kappa shape index (κ3) is 5.82. The maximum absolute atomic E-state index is 5.16. The van der Waals surface area contributed by atoms with Crippen LogP contribution in [-0.4, -0.2) is 29.5 Å². The molecule has 0 N–H and O–H groups in total. The zero-order chi connectivity index (χ0) is 39.6. The summed E-state index contributed by atoms with van der Waals surface area (Å²) < 4.78 is 3.36. The van der Waals surface area contributed by atoms with Gasteiger partial charge in [0, 0.05) is 62.1 Å². The zero-order valence-electron chi connectivity index (χ0n) is 32.1. The first kappa shape index (κ1) is 34.2. The summed E-state index contributed by atoms with van der Waals surface area (Å²) in [7, 11) is 0. The smallest absolute Gasteiger partial charge is 0.160 e. The summed E-state index contributed by atoms with van der Waals surface area (Å²) in [6, 6.07) is 63.7. The van der Waals surface area contributed by atoms with Crippen molar-refractivity contribution in [1.82, 2.24) is 29.5 Å². The Kier molecular flexibility index (Phi) is 7.92. The third-order valence-corrected chi connectivity index (χ3v) is 12.4. The molecule has 6 nitrogen and oxygen atoms in total. The highest BCUT2D eigenvalue weighted by molar-refractivity contribution is 7.25. The van der Waals surface area contributed by atoms with Crippen LogP contribution in [0.2, 0.25) is 0 Å². The van der Waals surface area contributed by atoms with Crippen LogP contribution in [0.1, 0.15) is 0 Å². The number of nitrogens with zero attached hydrogens (tertiary/aromatic N) is 6. The van der Waals surface area contributed by atoms with Gasteiger partial charge in [-0.05, 0) is 58.8 Å². The lowest BCUT2D eigenvalue weighted by Gasteiger charge is -2.12. The van der Waals surface area contributed by atoms with Gasteiger partial charge in [0.2, 0.25) is 0 Å². The van der Waals surface area contributed by atoms with Gasteiger partial charge in [-0.1, -0.05) is 140 Å². The molecule has 5 aromatic heterocycles. The second kappa shape index (κ2) is 13.9. The van der Waals surface area contributed by atoms with Crippen LogP contribution >= 0.6 is 11.3 Å². The highest BCUT2D eigenvalue weighted by atomic mass is 32.1. The monoisotopic (exact) mass is 784 g/mol. The summed E-state index contributed by atoms with van der Waals surface area (Å²) in [6.07, 6.45) is 3.87. The van der Waals surface area contributed by atoms with Crippen LogP contribution < -0.4 is 0 Å². The van der Waals surface area contributed by atoms with Gasteiger partial charge in [-0.2, -0.15) is 0 Å². The van der Waals surface area contributed by atoms with Crippen molar-refractivity contribution in [3.05, 3.63) is 194 Å². The maximum Gasteiger partial charge on any atom is 0.160 e. The first-order valence-corrected chi connectivity index (χ1v) is 20.7. The van der Waals surface area contributed by atoms with E-state index in [2.05, 4.69) is 168 Å². The first-order chi connectivity index (χ1) is 29.7. The summed E-state index contributed by atoms with van der Waals surface area (Å²) in [5.41, 5.74) is 12.1. The van der Waals surface area contributed by atoms with Crippen LogP contribution in [0, 0.1) is 0 Å². The molecule has 0 spiro atoms. The summed E-state index contributed by atoms with van der Waals surface area (Å²) in [5.74, 6) is 1.39. The second-order valence-electron chi connectivity index (χ2n) is 15.0. The van der Waals surface area contributed by atoms with E-state index < -0.39 is 0 Å². The second-order valence-corrected chi connectivity index (χ2v) is 16.0. The van der Waals surface area contributed by atoms with Crippen molar-refractivity contribution < 1.29 is 0 Å². The molecule has 0 aliphatic rings. The first-order valence-electron chi connectivity index (χ1n) is 19.9. The normalized spacial score (nSPS) is 11.7. The van der Waals surface area contributed by atoms with E-state index in [9.17, 15) is 0 Å². The Morgan fingerprint density at radius 3 is 1.85 bits per heavy atom. The molecule has 0 aliphatic carbocycles. The summed E-state index contributed by atoms with van der Waals surface area (Å²) in [4.78, 5) is 26.0. The van der Waals surface area contributed by atoms with E-state index in [0.717, 1.165) is 70.9 Å². The molecule has 0 saturated heterocycles. The standard InChI is InChI=1S/C53H32N6S/c1-2-12-36(13-3-1)52-56-45(30-46(57-52)38-15-10-16-41(28-38)59-47-19-8-6-17-42(47)43-18-7-9-20-48(43)59)35-24-21-34(22-25-35)40-29-44-50-49(60-53(44)55-31-40)32-54-51(58-50)39-26-23-33-11-4-5-14-37(33)27-39/h1-32H. The van der Waals surface area contributed by atoms with Crippen LogP contribution in [0.4, 0.5) is 0 Å². The molecule has 280 valence electrons. The molecule has 0 aliphatic heterocycles. The average Bonchev–Trinajstić information content (AvgIpc) is 3.87. The number of rotatable bonds is 6. The number of hydrogen-bond acceptors (Lipinski definition) is 6. The molecule has 0 amide bonds. The van der Waals surface area contributed by atoms with Crippen LogP contribution in [0.15, 0.2) is 194 Å². The minimum absolute atomic E-state index is 0.679. The van der Waals surface area contributed by atoms with Gasteiger partial charge in [0.1, 0.15) is 4.83 Å². The van der Waals surface area contributed by atoms with Crippen LogP contribution in [0.3, 0.4) is 0 Å². The van der Waals surface area contributed by atoms with Gasteiger partial charge >= 0.3 is 0 Å². The number of hydrogen-bond donors (Lipinski definition) is 0. The molecular formula is C53H32N6S. The van der Waals surface area contributed by atoms with E-state index in [1.807, 2.05) is 30.6 Å². The van der Waals surface area contributed by atoms with E-state index in [4.69, 9.17) is 24.9 Å². The van der Waals surface area contributed by atoms with E-state index in [0.29, 0.717) is 11.6 Å². The number of benzene rings is 7. The van der Waals surface area contributed by atoms with Crippen molar-refractivity contribution in [3.8, 4) is 62.1 Å². The van der Waals surface area contributed by atoms with Gasteiger partial charge in [-0.25, -0.2) is 24.9 Å².